The molecule has 0 bridgehead atoms. The Morgan fingerprint density at radius 3 is 2.19 bits per heavy atom. The SMILES string of the molecule is CC(=O)N[C@H]1[C@H]([C@H](O)[C@H](O)CO)O[C@@](O[C@@H]2[C@@H](O)[C@H](O[C@H]3C(O)C(O)[CH]O[C@@H]3CO)O[C@H](CO)[C@H]2O)(C(=O)O)C[C@@H]1O. The maximum atomic E-state index is 12.5. The summed E-state index contributed by atoms with van der Waals surface area (Å²) >= 11 is 0. The minimum atomic E-state index is -2.99. The van der Waals surface area contributed by atoms with Crippen LogP contribution in [0.2, 0.25) is 0 Å². The fourth-order valence-electron chi connectivity index (χ4n) is 5.00. The van der Waals surface area contributed by atoms with Gasteiger partial charge in [-0.25, -0.2) is 4.79 Å². The molecule has 3 heterocycles. The Hall–Kier alpha value is -1.66. The highest BCUT2D eigenvalue weighted by Gasteiger charge is 2.59. The van der Waals surface area contributed by atoms with Crippen LogP contribution in [0.1, 0.15) is 13.3 Å². The summed E-state index contributed by atoms with van der Waals surface area (Å²) < 4.78 is 27.0. The molecular weight excluding hydrogens is 578 g/mol. The number of hydrogen-bond donors (Lipinski definition) is 12. The number of aliphatic hydroxyl groups excluding tert-OH is 10. The topological polar surface area (TPSA) is 315 Å². The Labute approximate surface area is 238 Å². The molecule has 2 unspecified atom stereocenters. The summed E-state index contributed by atoms with van der Waals surface area (Å²) in [5.74, 6) is -5.67. The molecule has 3 saturated heterocycles. The summed E-state index contributed by atoms with van der Waals surface area (Å²) in [6, 6.07) is -1.52. The number of aliphatic carboxylic acids is 1. The van der Waals surface area contributed by atoms with Gasteiger partial charge in [0.15, 0.2) is 6.29 Å². The van der Waals surface area contributed by atoms with Crippen LogP contribution in [-0.2, 0) is 33.3 Å². The molecule has 19 heteroatoms. The standard InChI is InChI=1S/C23H38NO18/c1-7(28)24-13-8(29)2-23(22(36)37,41-19(13)14(32)9(30)3-25)42-20-16(34)11(4-26)39-21(17(20)35)40-18-12(5-27)38-6-10(31)15(18)33/h6,8-21,25-27,29-35H,2-5H2,1H3,(H,24,28)(H,36,37)/t8-,9+,10?,11+,12+,13+,14+,15?,16+,17+,18+,19+,20-,21-,23-/m0/s1. The maximum absolute atomic E-state index is 12.5. The van der Waals surface area contributed by atoms with E-state index in [-0.39, 0.29) is 0 Å². The lowest BCUT2D eigenvalue weighted by Crippen LogP contribution is -2.70. The molecule has 0 spiro atoms. The van der Waals surface area contributed by atoms with E-state index in [4.69, 9.17) is 23.7 Å². The van der Waals surface area contributed by atoms with Gasteiger partial charge < -0.3 is 85.2 Å². The van der Waals surface area contributed by atoms with Crippen LogP contribution in [0.5, 0.6) is 0 Å². The number of carboxylic acid groups (broad SMARTS) is 1. The highest BCUT2D eigenvalue weighted by Crippen LogP contribution is 2.38. The minimum Gasteiger partial charge on any atom is -0.477 e. The van der Waals surface area contributed by atoms with Gasteiger partial charge in [-0.1, -0.05) is 0 Å². The first-order valence-corrected chi connectivity index (χ1v) is 13.0. The predicted octanol–water partition coefficient (Wildman–Crippen LogP) is -7.38. The van der Waals surface area contributed by atoms with Gasteiger partial charge in [0.25, 0.3) is 5.79 Å². The number of carboxylic acids is 1. The van der Waals surface area contributed by atoms with E-state index in [1.807, 2.05) is 0 Å². The van der Waals surface area contributed by atoms with Crippen molar-refractivity contribution in [2.75, 3.05) is 19.8 Å². The number of rotatable bonds is 11. The Balaban J connectivity index is 1.94. The third-order valence-corrected chi connectivity index (χ3v) is 7.25. The van der Waals surface area contributed by atoms with Crippen LogP contribution in [0.15, 0.2) is 0 Å². The number of ether oxygens (including phenoxy) is 5. The molecule has 1 amide bonds. The van der Waals surface area contributed by atoms with Crippen LogP contribution in [0.25, 0.3) is 0 Å². The van der Waals surface area contributed by atoms with Crippen molar-refractivity contribution in [3.8, 4) is 0 Å². The normalized spacial score (nSPS) is 44.3. The predicted molar refractivity (Wildman–Crippen MR) is 128 cm³/mol. The molecule has 0 aromatic carbocycles. The average Bonchev–Trinajstić information content (AvgIpc) is 2.95. The zero-order valence-corrected chi connectivity index (χ0v) is 22.3. The summed E-state index contributed by atoms with van der Waals surface area (Å²) in [5, 5.41) is 115. The van der Waals surface area contributed by atoms with Crippen molar-refractivity contribution < 1.29 is 89.4 Å². The van der Waals surface area contributed by atoms with Crippen molar-refractivity contribution in [3.05, 3.63) is 6.61 Å². The Bertz CT molecular complexity index is 911. The van der Waals surface area contributed by atoms with Gasteiger partial charge in [0.05, 0.1) is 32.0 Å². The van der Waals surface area contributed by atoms with Crippen molar-refractivity contribution in [1.29, 1.82) is 0 Å². The second-order valence-electron chi connectivity index (χ2n) is 10.2. The minimum absolute atomic E-state index is 0.730. The highest BCUT2D eigenvalue weighted by molar-refractivity contribution is 5.76. The van der Waals surface area contributed by atoms with Crippen LogP contribution < -0.4 is 5.32 Å². The molecule has 19 nitrogen and oxygen atoms in total. The first-order chi connectivity index (χ1) is 19.7. The maximum Gasteiger partial charge on any atom is 0.364 e. The fourth-order valence-corrected chi connectivity index (χ4v) is 5.00. The fraction of sp³-hybridized carbons (Fsp3) is 0.870. The van der Waals surface area contributed by atoms with Crippen LogP contribution in [-0.4, -0.2) is 179 Å². The van der Waals surface area contributed by atoms with Crippen molar-refractivity contribution in [2.24, 2.45) is 0 Å². The molecule has 42 heavy (non-hydrogen) atoms. The van der Waals surface area contributed by atoms with Crippen molar-refractivity contribution in [1.82, 2.24) is 5.32 Å². The largest absolute Gasteiger partial charge is 0.477 e. The lowest BCUT2D eigenvalue weighted by atomic mass is 9.88. The molecule has 0 aliphatic carbocycles. The molecule has 15 atom stereocenters. The van der Waals surface area contributed by atoms with E-state index in [0.717, 1.165) is 13.5 Å². The van der Waals surface area contributed by atoms with E-state index < -0.39 is 129 Å². The summed E-state index contributed by atoms with van der Waals surface area (Å²) in [7, 11) is 0. The highest BCUT2D eigenvalue weighted by atomic mass is 16.8. The molecule has 3 fully saturated rings. The molecule has 243 valence electrons. The molecule has 3 aliphatic rings. The molecule has 0 aromatic heterocycles. The summed E-state index contributed by atoms with van der Waals surface area (Å²) in [4.78, 5) is 24.3. The van der Waals surface area contributed by atoms with Gasteiger partial charge in [-0.2, -0.15) is 0 Å². The lowest BCUT2D eigenvalue weighted by molar-refractivity contribution is -0.378. The number of amides is 1. The molecule has 3 rings (SSSR count). The number of carbonyl (C=O) groups is 2. The summed E-state index contributed by atoms with van der Waals surface area (Å²) in [5.41, 5.74) is 0. The van der Waals surface area contributed by atoms with Crippen LogP contribution >= 0.6 is 0 Å². The molecule has 3 aliphatic heterocycles. The van der Waals surface area contributed by atoms with Crippen molar-refractivity contribution >= 4 is 11.9 Å². The second kappa shape index (κ2) is 14.4. The second-order valence-corrected chi connectivity index (χ2v) is 10.2. The molecule has 0 saturated carbocycles. The number of carbonyl (C=O) groups excluding carboxylic acids is 1. The third kappa shape index (κ3) is 7.17. The monoisotopic (exact) mass is 616 g/mol. The van der Waals surface area contributed by atoms with E-state index >= 15 is 0 Å². The Morgan fingerprint density at radius 1 is 1.00 bits per heavy atom. The molecule has 0 aromatic rings. The smallest absolute Gasteiger partial charge is 0.364 e. The van der Waals surface area contributed by atoms with E-state index in [1.165, 1.54) is 0 Å². The van der Waals surface area contributed by atoms with Crippen LogP contribution in [0, 0.1) is 6.61 Å². The number of nitrogens with one attached hydrogen (secondary N) is 1. The molecule has 12 N–H and O–H groups in total. The molecular formula is C23H38NO18. The zero-order valence-electron chi connectivity index (χ0n) is 22.3. The van der Waals surface area contributed by atoms with Gasteiger partial charge in [0.2, 0.25) is 5.91 Å². The Kier molecular flexibility index (Phi) is 12.0. The first kappa shape index (κ1) is 34.8. The number of aliphatic hydroxyl groups is 10. The van der Waals surface area contributed by atoms with E-state index in [2.05, 4.69) is 5.32 Å². The first-order valence-electron chi connectivity index (χ1n) is 13.0. The summed E-state index contributed by atoms with van der Waals surface area (Å²) in [6.07, 6.45) is -24.6. The van der Waals surface area contributed by atoms with Gasteiger partial charge in [-0.15, -0.1) is 0 Å². The van der Waals surface area contributed by atoms with E-state index in [0.29, 0.717) is 0 Å². The average molecular weight is 617 g/mol. The van der Waals surface area contributed by atoms with Gasteiger partial charge in [0, 0.05) is 13.3 Å². The van der Waals surface area contributed by atoms with Crippen LogP contribution in [0.3, 0.4) is 0 Å². The van der Waals surface area contributed by atoms with Gasteiger partial charge >= 0.3 is 5.97 Å². The van der Waals surface area contributed by atoms with Gasteiger partial charge in [-0.05, 0) is 0 Å². The third-order valence-electron chi connectivity index (χ3n) is 7.25. The Morgan fingerprint density at radius 2 is 1.64 bits per heavy atom. The summed E-state index contributed by atoms with van der Waals surface area (Å²) in [6.45, 7) is -0.811. The van der Waals surface area contributed by atoms with Gasteiger partial charge in [0.1, 0.15) is 73.8 Å². The number of hydrogen-bond acceptors (Lipinski definition) is 17. The van der Waals surface area contributed by atoms with Crippen molar-refractivity contribution in [2.45, 2.75) is 105 Å². The molecule has 1 radical (unpaired) electrons. The van der Waals surface area contributed by atoms with Crippen molar-refractivity contribution in [3.63, 3.8) is 0 Å². The zero-order chi connectivity index (χ0) is 31.5. The van der Waals surface area contributed by atoms with Gasteiger partial charge in [-0.3, -0.25) is 4.79 Å². The van der Waals surface area contributed by atoms with E-state index in [9.17, 15) is 65.8 Å². The van der Waals surface area contributed by atoms with Crippen LogP contribution in [0.4, 0.5) is 0 Å². The lowest BCUT2D eigenvalue weighted by Gasteiger charge is -2.50. The van der Waals surface area contributed by atoms with E-state index in [1.54, 1.807) is 0 Å². The quantitative estimate of drug-likeness (QED) is 0.103.